The fraction of sp³-hybridized carbons (Fsp3) is 0.417. The molecule has 1 aromatic carbocycles. The van der Waals surface area contributed by atoms with Crippen LogP contribution in [0, 0.1) is 0 Å². The highest BCUT2D eigenvalue weighted by atomic mass is 16.5. The van der Waals surface area contributed by atoms with Crippen LogP contribution in [0.15, 0.2) is 24.3 Å². The van der Waals surface area contributed by atoms with E-state index in [1.807, 2.05) is 19.2 Å². The minimum atomic E-state index is 0.0625. The molecule has 0 spiro atoms. The summed E-state index contributed by atoms with van der Waals surface area (Å²) < 4.78 is 5.49. The van der Waals surface area contributed by atoms with Crippen molar-refractivity contribution < 1.29 is 9.53 Å². The Bertz CT molecular complexity index is 376. The molecule has 1 amide bonds. The lowest BCUT2D eigenvalue weighted by molar-refractivity contribution is -0.131. The highest BCUT2D eigenvalue weighted by molar-refractivity contribution is 5.73. The van der Waals surface area contributed by atoms with E-state index in [0.29, 0.717) is 13.2 Å². The predicted octanol–water partition coefficient (Wildman–Crippen LogP) is 1.74. The summed E-state index contributed by atoms with van der Waals surface area (Å²) in [5.41, 5.74) is 2.39. The number of nitrogens with zero attached hydrogens (tertiary/aromatic N) is 1. The van der Waals surface area contributed by atoms with Crippen molar-refractivity contribution in [2.75, 3.05) is 13.7 Å². The molecule has 0 bridgehead atoms. The molecule has 15 heavy (non-hydrogen) atoms. The summed E-state index contributed by atoms with van der Waals surface area (Å²) in [6.45, 7) is 2.82. The van der Waals surface area contributed by atoms with Crippen LogP contribution in [0.4, 0.5) is 0 Å². The Morgan fingerprint density at radius 3 is 2.93 bits per heavy atom. The van der Waals surface area contributed by atoms with Gasteiger partial charge in [-0.25, -0.2) is 0 Å². The second-order valence-corrected chi connectivity index (χ2v) is 3.86. The van der Waals surface area contributed by atoms with Gasteiger partial charge in [-0.15, -0.1) is 0 Å². The van der Waals surface area contributed by atoms with Crippen molar-refractivity contribution in [2.24, 2.45) is 0 Å². The molecule has 0 saturated carbocycles. The van der Waals surface area contributed by atoms with Crippen LogP contribution in [0.25, 0.3) is 0 Å². The van der Waals surface area contributed by atoms with Crippen LogP contribution in [0.5, 0.6) is 0 Å². The first kappa shape index (κ1) is 10.2. The minimum Gasteiger partial charge on any atom is -0.374 e. The van der Waals surface area contributed by atoms with Crippen LogP contribution in [-0.2, 0) is 16.1 Å². The maximum Gasteiger partial charge on any atom is 0.219 e. The molecule has 0 N–H and O–H groups in total. The van der Waals surface area contributed by atoms with Gasteiger partial charge in [-0.1, -0.05) is 24.3 Å². The Labute approximate surface area is 89.7 Å². The summed E-state index contributed by atoms with van der Waals surface area (Å²) >= 11 is 0. The maximum atomic E-state index is 11.3. The van der Waals surface area contributed by atoms with Crippen molar-refractivity contribution in [2.45, 2.75) is 19.6 Å². The van der Waals surface area contributed by atoms with Gasteiger partial charge in [0.15, 0.2) is 0 Å². The monoisotopic (exact) mass is 205 g/mol. The van der Waals surface area contributed by atoms with E-state index in [4.69, 9.17) is 4.74 Å². The number of hydrogen-bond acceptors (Lipinski definition) is 2. The SMILES string of the molecule is CC(=O)N(C)C1COCc2ccccc21. The van der Waals surface area contributed by atoms with E-state index in [-0.39, 0.29) is 11.9 Å². The highest BCUT2D eigenvalue weighted by Gasteiger charge is 2.25. The molecule has 0 aromatic heterocycles. The molecule has 3 nitrogen and oxygen atoms in total. The number of hydrogen-bond donors (Lipinski definition) is 0. The van der Waals surface area contributed by atoms with Crippen LogP contribution in [0.2, 0.25) is 0 Å². The minimum absolute atomic E-state index is 0.0625. The van der Waals surface area contributed by atoms with Gasteiger partial charge >= 0.3 is 0 Å². The molecule has 1 atom stereocenters. The number of carbonyl (C=O) groups is 1. The average Bonchev–Trinajstić information content (AvgIpc) is 2.27. The Morgan fingerprint density at radius 2 is 2.20 bits per heavy atom. The molecule has 0 fully saturated rings. The van der Waals surface area contributed by atoms with Crippen molar-refractivity contribution >= 4 is 5.91 Å². The van der Waals surface area contributed by atoms with E-state index in [1.54, 1.807) is 11.8 Å². The van der Waals surface area contributed by atoms with Crippen molar-refractivity contribution in [1.82, 2.24) is 4.90 Å². The van der Waals surface area contributed by atoms with E-state index in [0.717, 1.165) is 0 Å². The molecular weight excluding hydrogens is 190 g/mol. The third-order valence-corrected chi connectivity index (χ3v) is 2.91. The van der Waals surface area contributed by atoms with Crippen LogP contribution >= 0.6 is 0 Å². The number of amides is 1. The van der Waals surface area contributed by atoms with Crippen molar-refractivity contribution in [1.29, 1.82) is 0 Å². The molecule has 1 aromatic rings. The zero-order valence-electron chi connectivity index (χ0n) is 9.06. The Hall–Kier alpha value is -1.35. The summed E-state index contributed by atoms with van der Waals surface area (Å²) in [7, 11) is 1.82. The smallest absolute Gasteiger partial charge is 0.219 e. The molecule has 1 unspecified atom stereocenters. The van der Waals surface area contributed by atoms with E-state index in [1.165, 1.54) is 11.1 Å². The standard InChI is InChI=1S/C12H15NO2/c1-9(14)13(2)12-8-15-7-10-5-3-4-6-11(10)12/h3-6,12H,7-8H2,1-2H3. The van der Waals surface area contributed by atoms with Crippen molar-refractivity contribution in [3.8, 4) is 0 Å². The van der Waals surface area contributed by atoms with Crippen LogP contribution < -0.4 is 0 Å². The predicted molar refractivity (Wildman–Crippen MR) is 57.3 cm³/mol. The van der Waals surface area contributed by atoms with Gasteiger partial charge < -0.3 is 9.64 Å². The first-order valence-electron chi connectivity index (χ1n) is 5.09. The average molecular weight is 205 g/mol. The second-order valence-electron chi connectivity index (χ2n) is 3.86. The van der Waals surface area contributed by atoms with Gasteiger partial charge in [-0.2, -0.15) is 0 Å². The van der Waals surface area contributed by atoms with E-state index < -0.39 is 0 Å². The summed E-state index contributed by atoms with van der Waals surface area (Å²) in [6.07, 6.45) is 0. The molecule has 3 heteroatoms. The topological polar surface area (TPSA) is 29.5 Å². The van der Waals surface area contributed by atoms with Crippen LogP contribution in [0.1, 0.15) is 24.1 Å². The zero-order valence-corrected chi connectivity index (χ0v) is 9.06. The normalized spacial score (nSPS) is 19.5. The number of rotatable bonds is 1. The van der Waals surface area contributed by atoms with Crippen LogP contribution in [-0.4, -0.2) is 24.5 Å². The Morgan fingerprint density at radius 1 is 1.47 bits per heavy atom. The fourth-order valence-corrected chi connectivity index (χ4v) is 1.90. The lowest BCUT2D eigenvalue weighted by Crippen LogP contribution is -2.34. The summed E-state index contributed by atoms with van der Waals surface area (Å²) in [6, 6.07) is 8.19. The van der Waals surface area contributed by atoms with Crippen molar-refractivity contribution in [3.63, 3.8) is 0 Å². The number of ether oxygens (including phenoxy) is 1. The van der Waals surface area contributed by atoms with Gasteiger partial charge in [0.25, 0.3) is 0 Å². The highest BCUT2D eigenvalue weighted by Crippen LogP contribution is 2.28. The first-order valence-corrected chi connectivity index (χ1v) is 5.09. The Balaban J connectivity index is 2.33. The van der Waals surface area contributed by atoms with Gasteiger partial charge in [0.2, 0.25) is 5.91 Å². The molecule has 0 radical (unpaired) electrons. The molecule has 1 heterocycles. The molecule has 0 aliphatic carbocycles. The maximum absolute atomic E-state index is 11.3. The molecule has 80 valence electrons. The van der Waals surface area contributed by atoms with Gasteiger partial charge in [-0.05, 0) is 11.1 Å². The lowest BCUT2D eigenvalue weighted by Gasteiger charge is -2.32. The summed E-state index contributed by atoms with van der Waals surface area (Å²) in [5, 5.41) is 0. The quantitative estimate of drug-likeness (QED) is 0.699. The molecular formula is C12H15NO2. The summed E-state index contributed by atoms with van der Waals surface area (Å²) in [5.74, 6) is 0.0697. The largest absolute Gasteiger partial charge is 0.374 e. The summed E-state index contributed by atoms with van der Waals surface area (Å²) in [4.78, 5) is 13.1. The van der Waals surface area contributed by atoms with E-state index in [9.17, 15) is 4.79 Å². The first-order chi connectivity index (χ1) is 7.20. The second kappa shape index (κ2) is 4.03. The number of fused-ring (bicyclic) bond motifs is 1. The molecule has 1 aliphatic rings. The third-order valence-electron chi connectivity index (χ3n) is 2.91. The van der Waals surface area contributed by atoms with E-state index >= 15 is 0 Å². The van der Waals surface area contributed by atoms with E-state index in [2.05, 4.69) is 12.1 Å². The van der Waals surface area contributed by atoms with Gasteiger partial charge in [0.05, 0.1) is 19.3 Å². The van der Waals surface area contributed by atoms with Gasteiger partial charge in [-0.3, -0.25) is 4.79 Å². The number of carbonyl (C=O) groups excluding carboxylic acids is 1. The molecule has 2 rings (SSSR count). The number of benzene rings is 1. The number of likely N-dealkylation sites (N-methyl/N-ethyl adjacent to an activating group) is 1. The Kier molecular flexibility index (Phi) is 2.73. The molecule has 1 aliphatic heterocycles. The van der Waals surface area contributed by atoms with Crippen LogP contribution in [0.3, 0.4) is 0 Å². The third kappa shape index (κ3) is 1.88. The van der Waals surface area contributed by atoms with Gasteiger partial charge in [0.1, 0.15) is 0 Å². The molecule has 0 saturated heterocycles. The lowest BCUT2D eigenvalue weighted by atomic mass is 9.98. The van der Waals surface area contributed by atoms with Crippen molar-refractivity contribution in [3.05, 3.63) is 35.4 Å². The van der Waals surface area contributed by atoms with Gasteiger partial charge in [0, 0.05) is 14.0 Å². The zero-order chi connectivity index (χ0) is 10.8. The fourth-order valence-electron chi connectivity index (χ4n) is 1.90.